The van der Waals surface area contributed by atoms with Gasteiger partial charge < -0.3 is 19.8 Å². The maximum Gasteiger partial charge on any atom is 0.340 e. The number of hydrogen-bond donors (Lipinski definition) is 2. The van der Waals surface area contributed by atoms with Crippen molar-refractivity contribution in [2.75, 3.05) is 11.9 Å². The fraction of sp³-hybridized carbons (Fsp3) is 0.182. The van der Waals surface area contributed by atoms with Crippen molar-refractivity contribution >= 4 is 17.6 Å². The monoisotopic (exact) mass is 378 g/mol. The van der Waals surface area contributed by atoms with Crippen LogP contribution in [-0.4, -0.2) is 23.5 Å². The third-order valence-electron chi connectivity index (χ3n) is 4.24. The summed E-state index contributed by atoms with van der Waals surface area (Å²) in [6.45, 7) is 5.49. The minimum absolute atomic E-state index is 0.280. The lowest BCUT2D eigenvalue weighted by atomic mass is 10.1. The number of aromatic amines is 1. The number of carbonyl (C=O) groups is 2. The highest BCUT2D eigenvalue weighted by Crippen LogP contribution is 2.24. The van der Waals surface area contributed by atoms with E-state index in [9.17, 15) is 9.59 Å². The van der Waals surface area contributed by atoms with Crippen LogP contribution >= 0.6 is 0 Å². The van der Waals surface area contributed by atoms with Crippen molar-refractivity contribution in [1.29, 1.82) is 0 Å². The molecule has 0 unspecified atom stereocenters. The Kier molecular flexibility index (Phi) is 5.79. The predicted molar refractivity (Wildman–Crippen MR) is 107 cm³/mol. The minimum atomic E-state index is -0.435. The molecule has 28 heavy (non-hydrogen) atoms. The molecule has 1 amide bonds. The Balaban J connectivity index is 1.71. The van der Waals surface area contributed by atoms with Crippen molar-refractivity contribution in [2.24, 2.45) is 0 Å². The van der Waals surface area contributed by atoms with Crippen molar-refractivity contribution < 1.29 is 19.1 Å². The first-order valence-electron chi connectivity index (χ1n) is 9.00. The van der Waals surface area contributed by atoms with E-state index in [0.717, 1.165) is 5.75 Å². The molecule has 2 N–H and O–H groups in total. The van der Waals surface area contributed by atoms with Crippen molar-refractivity contribution in [3.05, 3.63) is 77.1 Å². The van der Waals surface area contributed by atoms with Gasteiger partial charge in [0.1, 0.15) is 17.2 Å². The van der Waals surface area contributed by atoms with Crippen LogP contribution in [-0.2, 0) is 4.74 Å². The fourth-order valence-electron chi connectivity index (χ4n) is 2.91. The number of H-pyrrole nitrogens is 1. The zero-order valence-corrected chi connectivity index (χ0v) is 16.0. The second kappa shape index (κ2) is 8.43. The zero-order valence-electron chi connectivity index (χ0n) is 16.0. The van der Waals surface area contributed by atoms with Gasteiger partial charge in [0, 0.05) is 11.4 Å². The lowest BCUT2D eigenvalue weighted by Crippen LogP contribution is -2.14. The largest absolute Gasteiger partial charge is 0.462 e. The van der Waals surface area contributed by atoms with Gasteiger partial charge in [-0.25, -0.2) is 4.79 Å². The van der Waals surface area contributed by atoms with E-state index in [1.54, 1.807) is 45.0 Å². The van der Waals surface area contributed by atoms with Crippen LogP contribution in [0.5, 0.6) is 11.5 Å². The van der Waals surface area contributed by atoms with Crippen LogP contribution in [0.15, 0.2) is 54.6 Å². The van der Waals surface area contributed by atoms with E-state index in [2.05, 4.69) is 10.3 Å². The highest BCUT2D eigenvalue weighted by Gasteiger charge is 2.22. The van der Waals surface area contributed by atoms with Crippen LogP contribution in [0.25, 0.3) is 0 Å². The van der Waals surface area contributed by atoms with Gasteiger partial charge in [-0.2, -0.15) is 0 Å². The SMILES string of the molecule is CCOC(=O)c1c(C)[nH]c(C(=O)Nc2ccc(Oc3ccccc3)cc2)c1C. The quantitative estimate of drug-likeness (QED) is 0.601. The molecule has 0 saturated heterocycles. The number of para-hydroxylation sites is 1. The lowest BCUT2D eigenvalue weighted by Gasteiger charge is -2.08. The number of amides is 1. The Morgan fingerprint density at radius 2 is 1.61 bits per heavy atom. The third kappa shape index (κ3) is 4.23. The molecule has 0 aliphatic rings. The predicted octanol–water partition coefficient (Wildman–Crippen LogP) is 4.85. The molecule has 6 nitrogen and oxygen atoms in total. The second-order valence-electron chi connectivity index (χ2n) is 6.24. The summed E-state index contributed by atoms with van der Waals surface area (Å²) in [5.74, 6) is 0.645. The lowest BCUT2D eigenvalue weighted by molar-refractivity contribution is 0.0525. The molecule has 0 spiro atoms. The van der Waals surface area contributed by atoms with E-state index < -0.39 is 5.97 Å². The molecule has 3 aromatic rings. The van der Waals surface area contributed by atoms with Crippen molar-refractivity contribution in [2.45, 2.75) is 20.8 Å². The van der Waals surface area contributed by atoms with Crippen LogP contribution in [0, 0.1) is 13.8 Å². The first-order chi connectivity index (χ1) is 13.5. The smallest absolute Gasteiger partial charge is 0.340 e. The normalized spacial score (nSPS) is 10.4. The van der Waals surface area contributed by atoms with Crippen LogP contribution in [0.4, 0.5) is 5.69 Å². The standard InChI is InChI=1S/C22H22N2O4/c1-4-27-22(26)19-14(2)20(23-15(19)3)21(25)24-16-10-12-18(13-11-16)28-17-8-6-5-7-9-17/h5-13,23H,4H2,1-3H3,(H,24,25). The second-order valence-corrected chi connectivity index (χ2v) is 6.24. The molecule has 0 atom stereocenters. The van der Waals surface area contributed by atoms with Gasteiger partial charge in [-0.15, -0.1) is 0 Å². The summed E-state index contributed by atoms with van der Waals surface area (Å²) in [5, 5.41) is 2.82. The summed E-state index contributed by atoms with van der Waals surface area (Å²) in [6, 6.07) is 16.5. The van der Waals surface area contributed by atoms with Gasteiger partial charge in [-0.05, 0) is 62.7 Å². The van der Waals surface area contributed by atoms with E-state index >= 15 is 0 Å². The average Bonchev–Trinajstić information content (AvgIpc) is 2.99. The van der Waals surface area contributed by atoms with Gasteiger partial charge in [0.2, 0.25) is 0 Å². The number of benzene rings is 2. The van der Waals surface area contributed by atoms with Crippen LogP contribution in [0.2, 0.25) is 0 Å². The van der Waals surface area contributed by atoms with Gasteiger partial charge in [0.05, 0.1) is 12.2 Å². The van der Waals surface area contributed by atoms with Crippen molar-refractivity contribution in [3.8, 4) is 11.5 Å². The first kappa shape index (κ1) is 19.2. The number of aromatic nitrogens is 1. The first-order valence-corrected chi connectivity index (χ1v) is 9.00. The summed E-state index contributed by atoms with van der Waals surface area (Å²) >= 11 is 0. The van der Waals surface area contributed by atoms with Crippen LogP contribution in [0.3, 0.4) is 0 Å². The minimum Gasteiger partial charge on any atom is -0.462 e. The number of nitrogens with one attached hydrogen (secondary N) is 2. The van der Waals surface area contributed by atoms with Crippen molar-refractivity contribution in [1.82, 2.24) is 4.98 Å². The van der Waals surface area contributed by atoms with Gasteiger partial charge in [-0.1, -0.05) is 18.2 Å². The molecule has 0 aliphatic heterocycles. The van der Waals surface area contributed by atoms with E-state index in [1.165, 1.54) is 0 Å². The molecule has 0 fully saturated rings. The van der Waals surface area contributed by atoms with E-state index in [-0.39, 0.29) is 12.5 Å². The molecule has 0 saturated carbocycles. The number of rotatable bonds is 6. The molecule has 3 rings (SSSR count). The fourth-order valence-corrected chi connectivity index (χ4v) is 2.91. The van der Waals surface area contributed by atoms with Gasteiger partial charge in [0.25, 0.3) is 5.91 Å². The number of anilines is 1. The molecular weight excluding hydrogens is 356 g/mol. The van der Waals surface area contributed by atoms with Gasteiger partial charge in [0.15, 0.2) is 0 Å². The summed E-state index contributed by atoms with van der Waals surface area (Å²) in [6.07, 6.45) is 0. The Morgan fingerprint density at radius 3 is 2.25 bits per heavy atom. The summed E-state index contributed by atoms with van der Waals surface area (Å²) < 4.78 is 10.8. The Bertz CT molecular complexity index is 976. The maximum atomic E-state index is 12.6. The molecule has 1 heterocycles. The zero-order chi connectivity index (χ0) is 20.1. The average molecular weight is 378 g/mol. The summed E-state index contributed by atoms with van der Waals surface area (Å²) in [5.41, 5.74) is 2.53. The molecular formula is C22H22N2O4. The van der Waals surface area contributed by atoms with Crippen LogP contribution in [0.1, 0.15) is 39.0 Å². The van der Waals surface area contributed by atoms with Gasteiger partial charge >= 0.3 is 5.97 Å². The van der Waals surface area contributed by atoms with E-state index in [0.29, 0.717) is 34.0 Å². The number of aryl methyl sites for hydroxylation is 1. The van der Waals surface area contributed by atoms with E-state index in [1.807, 2.05) is 30.3 Å². The molecule has 144 valence electrons. The van der Waals surface area contributed by atoms with Crippen LogP contribution < -0.4 is 10.1 Å². The Labute approximate surface area is 163 Å². The molecule has 1 aromatic heterocycles. The maximum absolute atomic E-state index is 12.6. The summed E-state index contributed by atoms with van der Waals surface area (Å²) in [4.78, 5) is 27.7. The topological polar surface area (TPSA) is 80.4 Å². The number of hydrogen-bond acceptors (Lipinski definition) is 4. The molecule has 6 heteroatoms. The number of carbonyl (C=O) groups excluding carboxylic acids is 2. The molecule has 0 bridgehead atoms. The molecule has 0 radical (unpaired) electrons. The number of ether oxygens (including phenoxy) is 2. The highest BCUT2D eigenvalue weighted by atomic mass is 16.5. The summed E-state index contributed by atoms with van der Waals surface area (Å²) in [7, 11) is 0. The number of esters is 1. The Morgan fingerprint density at radius 1 is 0.964 bits per heavy atom. The third-order valence-corrected chi connectivity index (χ3v) is 4.24. The van der Waals surface area contributed by atoms with E-state index in [4.69, 9.17) is 9.47 Å². The molecule has 2 aromatic carbocycles. The Hall–Kier alpha value is -3.54. The van der Waals surface area contributed by atoms with Crippen molar-refractivity contribution in [3.63, 3.8) is 0 Å². The van der Waals surface area contributed by atoms with Gasteiger partial charge in [-0.3, -0.25) is 4.79 Å². The highest BCUT2D eigenvalue weighted by molar-refractivity contribution is 6.06. The molecule has 0 aliphatic carbocycles.